The second-order valence-electron chi connectivity index (χ2n) is 8.60. The smallest absolute Gasteiger partial charge is 0.276 e. The third-order valence-electron chi connectivity index (χ3n) is 6.42. The van der Waals surface area contributed by atoms with Crippen LogP contribution in [0.2, 0.25) is 0 Å². The van der Waals surface area contributed by atoms with E-state index in [1.165, 1.54) is 5.56 Å². The van der Waals surface area contributed by atoms with Crippen molar-refractivity contribution in [2.75, 3.05) is 26.3 Å². The van der Waals surface area contributed by atoms with E-state index in [0.717, 1.165) is 55.2 Å². The fraction of sp³-hybridized carbons (Fsp3) is 0.385. The lowest BCUT2D eigenvalue weighted by Gasteiger charge is -2.33. The van der Waals surface area contributed by atoms with Gasteiger partial charge in [0.05, 0.1) is 25.1 Å². The summed E-state index contributed by atoms with van der Waals surface area (Å²) < 4.78 is 16.3. The Labute approximate surface area is 198 Å². The number of rotatable bonds is 8. The Morgan fingerprint density at radius 2 is 1.74 bits per heavy atom. The molecule has 1 fully saturated rings. The molecule has 3 aromatic heterocycles. The summed E-state index contributed by atoms with van der Waals surface area (Å²) >= 11 is 0. The molecule has 0 spiro atoms. The first-order chi connectivity index (χ1) is 16.7. The minimum Gasteiger partial charge on any atom is -0.492 e. The van der Waals surface area contributed by atoms with E-state index in [2.05, 4.69) is 31.6 Å². The quantitative estimate of drug-likeness (QED) is 0.427. The number of nitrogens with one attached hydrogen (secondary N) is 1. The molecule has 0 bridgehead atoms. The number of ether oxygens (including phenoxy) is 2. The average Bonchev–Trinajstić information content (AvgIpc) is 3.51. The van der Waals surface area contributed by atoms with E-state index < -0.39 is 0 Å². The zero-order valence-electron chi connectivity index (χ0n) is 19.7. The van der Waals surface area contributed by atoms with Crippen molar-refractivity contribution in [2.24, 2.45) is 0 Å². The summed E-state index contributed by atoms with van der Waals surface area (Å²) in [6, 6.07) is 10.6. The van der Waals surface area contributed by atoms with Crippen molar-refractivity contribution < 1.29 is 9.47 Å². The first-order valence-electron chi connectivity index (χ1n) is 12.0. The topological polar surface area (TPSA) is 77.3 Å². The van der Waals surface area contributed by atoms with Crippen LogP contribution in [0.25, 0.3) is 16.7 Å². The molecule has 1 aliphatic heterocycles. The Balaban J connectivity index is 1.34. The minimum atomic E-state index is -0.132. The van der Waals surface area contributed by atoms with Gasteiger partial charge in [-0.2, -0.15) is 0 Å². The van der Waals surface area contributed by atoms with Crippen LogP contribution in [0, 0.1) is 0 Å². The largest absolute Gasteiger partial charge is 0.492 e. The number of pyridine rings is 1. The summed E-state index contributed by atoms with van der Waals surface area (Å²) in [5, 5.41) is 0. The molecule has 0 atom stereocenters. The number of piperidine rings is 1. The lowest BCUT2D eigenvalue weighted by molar-refractivity contribution is 0.181. The van der Waals surface area contributed by atoms with E-state index >= 15 is 0 Å². The van der Waals surface area contributed by atoms with Gasteiger partial charge in [0.15, 0.2) is 5.52 Å². The molecule has 0 unspecified atom stereocenters. The van der Waals surface area contributed by atoms with Gasteiger partial charge in [0.1, 0.15) is 17.2 Å². The van der Waals surface area contributed by atoms with Gasteiger partial charge in [0, 0.05) is 44.3 Å². The third kappa shape index (κ3) is 4.33. The molecule has 5 rings (SSSR count). The van der Waals surface area contributed by atoms with Crippen LogP contribution >= 0.6 is 0 Å². The maximum atomic E-state index is 12.0. The van der Waals surface area contributed by atoms with Crippen LogP contribution in [-0.4, -0.2) is 50.3 Å². The SMILES string of the molecule is CCOc1cc(CN2CCC(n3cnc4c(=O)[nH]ccc43)CC2)cc(OCC)c1-n1cccc1. The Hall–Kier alpha value is -3.52. The molecule has 0 amide bonds. The second-order valence-corrected chi connectivity index (χ2v) is 8.60. The molecule has 1 saturated heterocycles. The van der Waals surface area contributed by atoms with Gasteiger partial charge < -0.3 is 23.6 Å². The molecule has 8 nitrogen and oxygen atoms in total. The number of nitrogens with zero attached hydrogens (tertiary/aromatic N) is 4. The minimum absolute atomic E-state index is 0.132. The summed E-state index contributed by atoms with van der Waals surface area (Å²) in [4.78, 5) is 21.5. The maximum absolute atomic E-state index is 12.0. The summed E-state index contributed by atoms with van der Waals surface area (Å²) in [6.45, 7) is 7.98. The fourth-order valence-corrected chi connectivity index (χ4v) is 4.88. The molecule has 0 saturated carbocycles. The molecule has 34 heavy (non-hydrogen) atoms. The zero-order valence-corrected chi connectivity index (χ0v) is 19.7. The zero-order chi connectivity index (χ0) is 23.5. The van der Waals surface area contributed by atoms with Gasteiger partial charge in [-0.25, -0.2) is 4.98 Å². The van der Waals surface area contributed by atoms with E-state index in [-0.39, 0.29) is 5.56 Å². The maximum Gasteiger partial charge on any atom is 0.276 e. The molecular formula is C26H31N5O3. The van der Waals surface area contributed by atoms with Gasteiger partial charge in [0.25, 0.3) is 5.56 Å². The van der Waals surface area contributed by atoms with E-state index in [4.69, 9.17) is 9.47 Å². The predicted molar refractivity (Wildman–Crippen MR) is 132 cm³/mol. The molecular weight excluding hydrogens is 430 g/mol. The van der Waals surface area contributed by atoms with Crippen LogP contribution in [0.15, 0.2) is 60.0 Å². The Morgan fingerprint density at radius 3 is 2.38 bits per heavy atom. The third-order valence-corrected chi connectivity index (χ3v) is 6.42. The highest BCUT2D eigenvalue weighted by Crippen LogP contribution is 2.36. The second kappa shape index (κ2) is 9.77. The van der Waals surface area contributed by atoms with Crippen LogP contribution in [0.3, 0.4) is 0 Å². The number of hydrogen-bond acceptors (Lipinski definition) is 5. The average molecular weight is 462 g/mol. The Bertz CT molecular complexity index is 1270. The molecule has 8 heteroatoms. The monoisotopic (exact) mass is 461 g/mol. The van der Waals surface area contributed by atoms with Crippen LogP contribution in [0.5, 0.6) is 11.5 Å². The van der Waals surface area contributed by atoms with Gasteiger partial charge >= 0.3 is 0 Å². The fourth-order valence-electron chi connectivity index (χ4n) is 4.88. The Morgan fingerprint density at radius 1 is 1.06 bits per heavy atom. The number of fused-ring (bicyclic) bond motifs is 1. The number of likely N-dealkylation sites (tertiary alicyclic amines) is 1. The van der Waals surface area contributed by atoms with Crippen LogP contribution in [0.1, 0.15) is 38.3 Å². The van der Waals surface area contributed by atoms with E-state index in [9.17, 15) is 4.79 Å². The number of aromatic nitrogens is 4. The highest BCUT2D eigenvalue weighted by Gasteiger charge is 2.23. The van der Waals surface area contributed by atoms with Crippen LogP contribution in [0.4, 0.5) is 0 Å². The normalized spacial score (nSPS) is 15.1. The van der Waals surface area contributed by atoms with E-state index in [1.54, 1.807) is 6.20 Å². The van der Waals surface area contributed by atoms with Gasteiger partial charge in [-0.05, 0) is 62.6 Å². The summed E-state index contributed by atoms with van der Waals surface area (Å²) in [7, 11) is 0. The molecule has 1 N–H and O–H groups in total. The molecule has 4 aromatic rings. The number of imidazole rings is 1. The Kier molecular flexibility index (Phi) is 6.40. The molecule has 0 radical (unpaired) electrons. The summed E-state index contributed by atoms with van der Waals surface area (Å²) in [6.07, 6.45) is 9.55. The molecule has 4 heterocycles. The predicted octanol–water partition coefficient (Wildman–Crippen LogP) is 4.15. The number of H-pyrrole nitrogens is 1. The summed E-state index contributed by atoms with van der Waals surface area (Å²) in [5.41, 5.74) is 3.41. The van der Waals surface area contributed by atoms with Crippen molar-refractivity contribution in [2.45, 2.75) is 39.3 Å². The number of benzene rings is 1. The lowest BCUT2D eigenvalue weighted by atomic mass is 10.0. The van der Waals surface area contributed by atoms with Gasteiger partial charge in [-0.1, -0.05) is 0 Å². The molecule has 1 aliphatic rings. The highest BCUT2D eigenvalue weighted by molar-refractivity contribution is 5.73. The highest BCUT2D eigenvalue weighted by atomic mass is 16.5. The van der Waals surface area contributed by atoms with Crippen molar-refractivity contribution in [3.8, 4) is 17.2 Å². The van der Waals surface area contributed by atoms with Crippen molar-refractivity contribution in [1.29, 1.82) is 0 Å². The van der Waals surface area contributed by atoms with Gasteiger partial charge in [-0.3, -0.25) is 9.69 Å². The molecule has 0 aliphatic carbocycles. The van der Waals surface area contributed by atoms with Gasteiger partial charge in [0.2, 0.25) is 0 Å². The van der Waals surface area contributed by atoms with Crippen LogP contribution in [-0.2, 0) is 6.54 Å². The molecule has 1 aromatic carbocycles. The number of hydrogen-bond donors (Lipinski definition) is 1. The first kappa shape index (κ1) is 22.3. The van der Waals surface area contributed by atoms with Crippen molar-refractivity contribution in [1.82, 2.24) is 24.0 Å². The van der Waals surface area contributed by atoms with Crippen LogP contribution < -0.4 is 15.0 Å². The standard InChI is InChI=1S/C26H31N5O3/c1-3-33-22-15-19(16-23(34-4-2)25(22)30-11-5-6-12-30)17-29-13-8-20(9-14-29)31-18-28-24-21(31)7-10-27-26(24)32/h5-7,10-12,15-16,18,20H,3-4,8-9,13-14,17H2,1-2H3,(H,27,32). The van der Waals surface area contributed by atoms with Crippen molar-refractivity contribution in [3.63, 3.8) is 0 Å². The van der Waals surface area contributed by atoms with E-state index in [1.807, 2.05) is 55.3 Å². The number of aromatic amines is 1. The van der Waals surface area contributed by atoms with Crippen molar-refractivity contribution in [3.05, 3.63) is 71.2 Å². The van der Waals surface area contributed by atoms with E-state index in [0.29, 0.717) is 24.8 Å². The first-order valence-corrected chi connectivity index (χ1v) is 12.0. The summed E-state index contributed by atoms with van der Waals surface area (Å²) in [5.74, 6) is 1.68. The lowest BCUT2D eigenvalue weighted by Crippen LogP contribution is -2.34. The van der Waals surface area contributed by atoms with Crippen molar-refractivity contribution >= 4 is 11.0 Å². The van der Waals surface area contributed by atoms with Gasteiger partial charge in [-0.15, -0.1) is 0 Å². The molecule has 178 valence electrons.